The molecule has 0 spiro atoms. The highest BCUT2D eigenvalue weighted by Crippen LogP contribution is 2.24. The van der Waals surface area contributed by atoms with E-state index >= 15 is 0 Å². The Morgan fingerprint density at radius 3 is 2.79 bits per heavy atom. The molecule has 1 fully saturated rings. The number of nitrogens with one attached hydrogen (secondary N) is 1. The van der Waals surface area contributed by atoms with E-state index < -0.39 is 0 Å². The Morgan fingerprint density at radius 2 is 2.14 bits per heavy atom. The summed E-state index contributed by atoms with van der Waals surface area (Å²) < 4.78 is 0. The van der Waals surface area contributed by atoms with Gasteiger partial charge >= 0.3 is 0 Å². The average molecular weight is 228 g/mol. The first-order chi connectivity index (χ1) is 6.75. The minimum atomic E-state index is 0.682. The van der Waals surface area contributed by atoms with Crippen molar-refractivity contribution in [2.24, 2.45) is 0 Å². The maximum atomic E-state index is 6.06. The predicted molar refractivity (Wildman–Crippen MR) is 61.9 cm³/mol. The number of rotatable bonds is 1. The summed E-state index contributed by atoms with van der Waals surface area (Å²) in [6, 6.07) is 5.59. The van der Waals surface area contributed by atoms with Gasteiger partial charge in [-0.25, -0.2) is 0 Å². The molecule has 1 N–H and O–H groups in total. The normalized spacial score (nSPS) is 19.1. The first kappa shape index (κ1) is 10.0. The molecule has 1 saturated heterocycles. The highest BCUT2D eigenvalue weighted by Gasteiger charge is 2.06. The fourth-order valence-electron chi connectivity index (χ4n) is 1.55. The molecule has 0 unspecified atom stereocenters. The van der Waals surface area contributed by atoms with Crippen LogP contribution in [0.4, 0.5) is 0 Å². The van der Waals surface area contributed by atoms with Gasteiger partial charge in [-0.1, -0.05) is 40.9 Å². The Labute approximate surface area is 93.7 Å². The molecule has 0 saturated carbocycles. The van der Waals surface area contributed by atoms with E-state index in [1.54, 1.807) is 6.07 Å². The quantitative estimate of drug-likeness (QED) is 0.776. The molecule has 0 radical (unpaired) electrons. The molecule has 2 rings (SSSR count). The summed E-state index contributed by atoms with van der Waals surface area (Å²) in [6.07, 6.45) is 3.25. The van der Waals surface area contributed by atoms with E-state index in [9.17, 15) is 0 Å². The molecule has 1 aliphatic heterocycles. The summed E-state index contributed by atoms with van der Waals surface area (Å²) in [6.45, 7) is 2.04. The lowest BCUT2D eigenvalue weighted by molar-refractivity contribution is 0.862. The first-order valence-electron chi connectivity index (χ1n) is 4.61. The summed E-state index contributed by atoms with van der Waals surface area (Å²) in [5.74, 6) is 0. The van der Waals surface area contributed by atoms with E-state index in [0.717, 1.165) is 30.1 Å². The molecule has 1 aromatic carbocycles. The van der Waals surface area contributed by atoms with Gasteiger partial charge < -0.3 is 5.32 Å². The monoisotopic (exact) mass is 227 g/mol. The van der Waals surface area contributed by atoms with Gasteiger partial charge in [0, 0.05) is 16.6 Å². The molecule has 0 aromatic heterocycles. The topological polar surface area (TPSA) is 12.0 Å². The first-order valence-corrected chi connectivity index (χ1v) is 5.36. The lowest BCUT2D eigenvalue weighted by Gasteiger charge is -2.00. The zero-order chi connectivity index (χ0) is 9.97. The fraction of sp³-hybridized carbons (Fsp3) is 0.273. The van der Waals surface area contributed by atoms with E-state index in [0.29, 0.717) is 5.02 Å². The van der Waals surface area contributed by atoms with Crippen LogP contribution >= 0.6 is 23.2 Å². The van der Waals surface area contributed by atoms with Gasteiger partial charge in [-0.3, -0.25) is 0 Å². The van der Waals surface area contributed by atoms with Crippen LogP contribution in [0.1, 0.15) is 12.0 Å². The third-order valence-corrected chi connectivity index (χ3v) is 2.86. The minimum Gasteiger partial charge on any atom is -0.313 e. The van der Waals surface area contributed by atoms with Gasteiger partial charge in [0.15, 0.2) is 0 Å². The standard InChI is InChI=1S/C11H11Cl2N/c12-10-2-1-9(11(13)6-10)5-8-3-4-14-7-8/h1-2,5-6,14H,3-4,7H2/b8-5-. The fourth-order valence-corrected chi connectivity index (χ4v) is 2.01. The SMILES string of the molecule is Clc1ccc(/C=C2/CCNC2)c(Cl)c1. The number of halogens is 2. The van der Waals surface area contributed by atoms with Crippen LogP contribution in [-0.2, 0) is 0 Å². The van der Waals surface area contributed by atoms with Crippen molar-refractivity contribution in [1.82, 2.24) is 5.32 Å². The van der Waals surface area contributed by atoms with Crippen LogP contribution in [0.2, 0.25) is 10.0 Å². The van der Waals surface area contributed by atoms with Crippen molar-refractivity contribution in [2.75, 3.05) is 13.1 Å². The van der Waals surface area contributed by atoms with Crippen LogP contribution in [0, 0.1) is 0 Å². The molecule has 0 atom stereocenters. The minimum absolute atomic E-state index is 0.682. The molecule has 1 nitrogen and oxygen atoms in total. The predicted octanol–water partition coefficient (Wildman–Crippen LogP) is 3.37. The van der Waals surface area contributed by atoms with Gasteiger partial charge in [0.1, 0.15) is 0 Å². The van der Waals surface area contributed by atoms with Gasteiger partial charge in [-0.2, -0.15) is 0 Å². The van der Waals surface area contributed by atoms with Crippen molar-refractivity contribution >= 4 is 29.3 Å². The number of hydrogen-bond donors (Lipinski definition) is 1. The van der Waals surface area contributed by atoms with E-state index in [4.69, 9.17) is 23.2 Å². The molecular formula is C11H11Cl2N. The molecule has 1 aromatic rings. The van der Waals surface area contributed by atoms with Gasteiger partial charge in [-0.15, -0.1) is 0 Å². The number of hydrogen-bond acceptors (Lipinski definition) is 1. The molecule has 1 aliphatic rings. The van der Waals surface area contributed by atoms with Crippen LogP contribution in [0.5, 0.6) is 0 Å². The van der Waals surface area contributed by atoms with Crippen LogP contribution in [0.15, 0.2) is 23.8 Å². The highest BCUT2D eigenvalue weighted by atomic mass is 35.5. The summed E-state index contributed by atoms with van der Waals surface area (Å²) in [5, 5.41) is 4.69. The Balaban J connectivity index is 2.28. The van der Waals surface area contributed by atoms with Crippen molar-refractivity contribution in [3.63, 3.8) is 0 Å². The maximum absolute atomic E-state index is 6.06. The van der Waals surface area contributed by atoms with E-state index in [1.807, 2.05) is 12.1 Å². The average Bonchev–Trinajstić information content (AvgIpc) is 2.62. The Bertz CT molecular complexity index is 364. The van der Waals surface area contributed by atoms with Gasteiger partial charge in [0.25, 0.3) is 0 Å². The van der Waals surface area contributed by atoms with Crippen LogP contribution < -0.4 is 5.32 Å². The molecular weight excluding hydrogens is 217 g/mol. The largest absolute Gasteiger partial charge is 0.313 e. The van der Waals surface area contributed by atoms with Crippen LogP contribution in [0.3, 0.4) is 0 Å². The van der Waals surface area contributed by atoms with E-state index in [-0.39, 0.29) is 0 Å². The van der Waals surface area contributed by atoms with Crippen molar-refractivity contribution in [3.05, 3.63) is 39.4 Å². The summed E-state index contributed by atoms with van der Waals surface area (Å²) in [7, 11) is 0. The molecule has 0 aliphatic carbocycles. The highest BCUT2D eigenvalue weighted by molar-refractivity contribution is 6.35. The van der Waals surface area contributed by atoms with Gasteiger partial charge in [0.2, 0.25) is 0 Å². The number of benzene rings is 1. The maximum Gasteiger partial charge on any atom is 0.0493 e. The van der Waals surface area contributed by atoms with Gasteiger partial charge in [0.05, 0.1) is 0 Å². The second-order valence-electron chi connectivity index (χ2n) is 3.40. The summed E-state index contributed by atoms with van der Waals surface area (Å²) in [5.41, 5.74) is 2.45. The Kier molecular flexibility index (Phi) is 3.12. The van der Waals surface area contributed by atoms with Crippen molar-refractivity contribution in [2.45, 2.75) is 6.42 Å². The van der Waals surface area contributed by atoms with Crippen LogP contribution in [0.25, 0.3) is 6.08 Å². The third-order valence-electron chi connectivity index (χ3n) is 2.30. The molecule has 14 heavy (non-hydrogen) atoms. The van der Waals surface area contributed by atoms with Crippen LogP contribution in [-0.4, -0.2) is 13.1 Å². The zero-order valence-electron chi connectivity index (χ0n) is 7.69. The third kappa shape index (κ3) is 2.30. The lowest BCUT2D eigenvalue weighted by Crippen LogP contribution is -2.04. The smallest absolute Gasteiger partial charge is 0.0493 e. The van der Waals surface area contributed by atoms with E-state index in [1.165, 1.54) is 5.57 Å². The molecule has 3 heteroatoms. The van der Waals surface area contributed by atoms with Gasteiger partial charge in [-0.05, 0) is 30.7 Å². The van der Waals surface area contributed by atoms with E-state index in [2.05, 4.69) is 11.4 Å². The lowest BCUT2D eigenvalue weighted by atomic mass is 10.1. The van der Waals surface area contributed by atoms with Crippen molar-refractivity contribution < 1.29 is 0 Å². The molecule has 1 heterocycles. The second kappa shape index (κ2) is 4.35. The zero-order valence-corrected chi connectivity index (χ0v) is 9.20. The molecule has 0 amide bonds. The van der Waals surface area contributed by atoms with Crippen molar-refractivity contribution in [3.8, 4) is 0 Å². The van der Waals surface area contributed by atoms with Crippen molar-refractivity contribution in [1.29, 1.82) is 0 Å². The second-order valence-corrected chi connectivity index (χ2v) is 4.24. The molecule has 0 bridgehead atoms. The summed E-state index contributed by atoms with van der Waals surface area (Å²) in [4.78, 5) is 0. The Hall–Kier alpha value is -0.500. The molecule has 74 valence electrons. The summed E-state index contributed by atoms with van der Waals surface area (Å²) >= 11 is 11.9. The Morgan fingerprint density at radius 1 is 1.29 bits per heavy atom.